The van der Waals surface area contributed by atoms with E-state index in [1.165, 1.54) is 21.0 Å². The second-order valence-electron chi connectivity index (χ2n) is 6.21. The molecule has 0 bridgehead atoms. The Morgan fingerprint density at radius 2 is 1.93 bits per heavy atom. The van der Waals surface area contributed by atoms with Crippen LogP contribution in [-0.2, 0) is 34.0 Å². The standard InChI is InChI=1S/C19H20N2O6/c1-10(22)14-11(2)27-16(20)15(17(23)26-9-8-25-3)19(14)12-6-4-5-7-13(12)21-18(19)24/h4-7H,8-9,20H2,1-3H3,(H,21,24)/t19-/m1/s1. The van der Waals surface area contributed by atoms with E-state index >= 15 is 0 Å². The van der Waals surface area contributed by atoms with Crippen molar-refractivity contribution in [2.24, 2.45) is 5.73 Å². The number of nitrogens with one attached hydrogen (secondary N) is 1. The number of carbonyl (C=O) groups is 3. The molecule has 0 fully saturated rings. The maximum atomic E-state index is 13.2. The number of para-hydroxylation sites is 1. The van der Waals surface area contributed by atoms with Gasteiger partial charge in [-0.2, -0.15) is 0 Å². The van der Waals surface area contributed by atoms with Crippen molar-refractivity contribution in [3.63, 3.8) is 0 Å². The van der Waals surface area contributed by atoms with Gasteiger partial charge in [0.15, 0.2) is 5.78 Å². The predicted molar refractivity (Wildman–Crippen MR) is 95.3 cm³/mol. The van der Waals surface area contributed by atoms with Gasteiger partial charge in [-0.15, -0.1) is 0 Å². The summed E-state index contributed by atoms with van der Waals surface area (Å²) < 4.78 is 15.5. The van der Waals surface area contributed by atoms with E-state index in [1.807, 2.05) is 0 Å². The fourth-order valence-corrected chi connectivity index (χ4v) is 3.65. The number of hydrogen-bond donors (Lipinski definition) is 2. The van der Waals surface area contributed by atoms with Crippen molar-refractivity contribution in [3.8, 4) is 0 Å². The number of allylic oxidation sites excluding steroid dienone is 1. The van der Waals surface area contributed by atoms with E-state index in [1.54, 1.807) is 24.3 Å². The average molecular weight is 372 g/mol. The van der Waals surface area contributed by atoms with Crippen LogP contribution >= 0.6 is 0 Å². The van der Waals surface area contributed by atoms with Crippen LogP contribution < -0.4 is 11.1 Å². The molecule has 0 radical (unpaired) electrons. The third-order valence-corrected chi connectivity index (χ3v) is 4.61. The van der Waals surface area contributed by atoms with Gasteiger partial charge in [-0.3, -0.25) is 9.59 Å². The van der Waals surface area contributed by atoms with E-state index in [4.69, 9.17) is 19.9 Å². The third-order valence-electron chi connectivity index (χ3n) is 4.61. The van der Waals surface area contributed by atoms with E-state index in [0.717, 1.165) is 0 Å². The number of ether oxygens (including phenoxy) is 3. The molecule has 8 nitrogen and oxygen atoms in total. The van der Waals surface area contributed by atoms with Crippen LogP contribution in [-0.4, -0.2) is 38.0 Å². The monoisotopic (exact) mass is 372 g/mol. The topological polar surface area (TPSA) is 117 Å². The minimum atomic E-state index is -1.72. The molecule has 0 saturated carbocycles. The lowest BCUT2D eigenvalue weighted by Gasteiger charge is -2.35. The maximum absolute atomic E-state index is 13.2. The largest absolute Gasteiger partial charge is 0.460 e. The molecule has 3 rings (SSSR count). The van der Waals surface area contributed by atoms with E-state index < -0.39 is 23.1 Å². The maximum Gasteiger partial charge on any atom is 0.341 e. The summed E-state index contributed by atoms with van der Waals surface area (Å²) in [6, 6.07) is 6.82. The van der Waals surface area contributed by atoms with Crippen LogP contribution in [0.4, 0.5) is 5.69 Å². The lowest BCUT2D eigenvalue weighted by molar-refractivity contribution is -0.142. The number of nitrogens with two attached hydrogens (primary N) is 1. The van der Waals surface area contributed by atoms with Crippen LogP contribution in [0.1, 0.15) is 19.4 Å². The molecule has 1 aromatic carbocycles. The van der Waals surface area contributed by atoms with Crippen molar-refractivity contribution in [2.45, 2.75) is 19.3 Å². The quantitative estimate of drug-likeness (QED) is 0.588. The Hall–Kier alpha value is -3.13. The Morgan fingerprint density at radius 1 is 1.22 bits per heavy atom. The molecule has 0 aromatic heterocycles. The van der Waals surface area contributed by atoms with Crippen molar-refractivity contribution in [2.75, 3.05) is 25.6 Å². The summed E-state index contributed by atoms with van der Waals surface area (Å²) in [4.78, 5) is 38.6. The molecule has 27 heavy (non-hydrogen) atoms. The highest BCUT2D eigenvalue weighted by Gasteiger charge is 2.60. The van der Waals surface area contributed by atoms with Gasteiger partial charge in [-0.1, -0.05) is 18.2 Å². The Bertz CT molecular complexity index is 901. The number of fused-ring (bicyclic) bond motifs is 2. The van der Waals surface area contributed by atoms with Crippen LogP contribution in [0.3, 0.4) is 0 Å². The summed E-state index contributed by atoms with van der Waals surface area (Å²) in [6.07, 6.45) is 0. The molecule has 2 aliphatic rings. The molecular weight excluding hydrogens is 352 g/mol. The van der Waals surface area contributed by atoms with Gasteiger partial charge in [0.05, 0.1) is 12.2 Å². The van der Waals surface area contributed by atoms with Crippen molar-refractivity contribution in [1.82, 2.24) is 0 Å². The van der Waals surface area contributed by atoms with Crippen molar-refractivity contribution >= 4 is 23.3 Å². The Morgan fingerprint density at radius 3 is 2.59 bits per heavy atom. The first kappa shape index (κ1) is 18.7. The molecule has 0 aliphatic carbocycles. The molecule has 1 aromatic rings. The number of rotatable bonds is 5. The second kappa shape index (κ2) is 6.88. The van der Waals surface area contributed by atoms with Gasteiger partial charge in [0, 0.05) is 18.4 Å². The van der Waals surface area contributed by atoms with Crippen LogP contribution in [0.5, 0.6) is 0 Å². The number of Topliss-reactive ketones (excluding diaryl/α,β-unsaturated/α-hetero) is 1. The minimum absolute atomic E-state index is 0.0381. The molecule has 8 heteroatoms. The van der Waals surface area contributed by atoms with Gasteiger partial charge in [0.2, 0.25) is 11.8 Å². The van der Waals surface area contributed by atoms with E-state index in [-0.39, 0.29) is 36.0 Å². The number of benzene rings is 1. The van der Waals surface area contributed by atoms with Crippen molar-refractivity contribution in [3.05, 3.63) is 52.6 Å². The smallest absolute Gasteiger partial charge is 0.341 e. The highest BCUT2D eigenvalue weighted by Crippen LogP contribution is 2.52. The predicted octanol–water partition coefficient (Wildman–Crippen LogP) is 1.13. The molecular formula is C19H20N2O6. The van der Waals surface area contributed by atoms with E-state index in [9.17, 15) is 14.4 Å². The first-order valence-corrected chi connectivity index (χ1v) is 8.33. The van der Waals surface area contributed by atoms with E-state index in [2.05, 4.69) is 5.32 Å². The highest BCUT2D eigenvalue weighted by molar-refractivity contribution is 6.22. The van der Waals surface area contributed by atoms with Crippen molar-refractivity contribution in [1.29, 1.82) is 0 Å². The molecule has 2 aliphatic heterocycles. The summed E-state index contributed by atoms with van der Waals surface area (Å²) in [5.74, 6) is -1.91. The highest BCUT2D eigenvalue weighted by atomic mass is 16.6. The lowest BCUT2D eigenvalue weighted by Crippen LogP contribution is -2.48. The summed E-state index contributed by atoms with van der Waals surface area (Å²) in [5, 5.41) is 2.73. The average Bonchev–Trinajstić information content (AvgIpc) is 2.87. The molecule has 3 N–H and O–H groups in total. The number of carbonyl (C=O) groups excluding carboxylic acids is 3. The van der Waals surface area contributed by atoms with Crippen LogP contribution in [0.2, 0.25) is 0 Å². The summed E-state index contributed by atoms with van der Waals surface area (Å²) in [6.45, 7) is 2.98. The lowest BCUT2D eigenvalue weighted by atomic mass is 9.67. The molecule has 2 heterocycles. The fraction of sp³-hybridized carbons (Fsp3) is 0.316. The van der Waals surface area contributed by atoms with Gasteiger partial charge < -0.3 is 25.3 Å². The van der Waals surface area contributed by atoms with Gasteiger partial charge in [-0.25, -0.2) is 4.79 Å². The zero-order valence-corrected chi connectivity index (χ0v) is 15.3. The Kier molecular flexibility index (Phi) is 4.75. The van der Waals surface area contributed by atoms with Gasteiger partial charge in [-0.05, 0) is 19.9 Å². The SMILES string of the molecule is COCCOC(=O)C1=C(N)OC(C)=C(C(C)=O)[C@@]12C(=O)Nc1ccccc12. The molecule has 0 saturated heterocycles. The van der Waals surface area contributed by atoms with Crippen molar-refractivity contribution < 1.29 is 28.6 Å². The Balaban J connectivity index is 2.26. The number of methoxy groups -OCH3 is 1. The zero-order valence-electron chi connectivity index (χ0n) is 15.3. The first-order chi connectivity index (χ1) is 12.9. The summed E-state index contributed by atoms with van der Waals surface area (Å²) >= 11 is 0. The number of hydrogen-bond acceptors (Lipinski definition) is 7. The van der Waals surface area contributed by atoms with Gasteiger partial charge in [0.25, 0.3) is 0 Å². The molecule has 1 atom stereocenters. The number of ketones is 1. The number of amides is 1. The van der Waals surface area contributed by atoms with Gasteiger partial charge >= 0.3 is 5.97 Å². The summed E-state index contributed by atoms with van der Waals surface area (Å²) in [7, 11) is 1.47. The van der Waals surface area contributed by atoms with Crippen LogP contribution in [0.15, 0.2) is 47.1 Å². The number of anilines is 1. The van der Waals surface area contributed by atoms with Crippen LogP contribution in [0, 0.1) is 0 Å². The van der Waals surface area contributed by atoms with Crippen LogP contribution in [0.25, 0.3) is 0 Å². The third kappa shape index (κ3) is 2.69. The molecule has 142 valence electrons. The minimum Gasteiger partial charge on any atom is -0.460 e. The van der Waals surface area contributed by atoms with Gasteiger partial charge in [0.1, 0.15) is 23.4 Å². The molecule has 1 spiro atoms. The normalized spacial score (nSPS) is 21.1. The fourth-order valence-electron chi connectivity index (χ4n) is 3.65. The second-order valence-corrected chi connectivity index (χ2v) is 6.21. The molecule has 1 amide bonds. The Labute approximate surface area is 155 Å². The summed E-state index contributed by atoms with van der Waals surface area (Å²) in [5.41, 5.74) is 5.07. The number of esters is 1. The van der Waals surface area contributed by atoms with E-state index in [0.29, 0.717) is 11.3 Å². The zero-order chi connectivity index (χ0) is 19.8. The molecule has 0 unspecified atom stereocenters. The first-order valence-electron chi connectivity index (χ1n) is 8.33.